The number of hydrogen-bond acceptors (Lipinski definition) is 3. The molecule has 1 aromatic heterocycles. The highest BCUT2D eigenvalue weighted by molar-refractivity contribution is 6.35. The van der Waals surface area contributed by atoms with Crippen LogP contribution < -0.4 is 10.3 Å². The Morgan fingerprint density at radius 1 is 1.14 bits per heavy atom. The number of nitrogens with zero attached hydrogens (tertiary/aromatic N) is 2. The predicted octanol–water partition coefficient (Wildman–Crippen LogP) is 5.57. The Morgan fingerprint density at radius 3 is 2.36 bits per heavy atom. The van der Waals surface area contributed by atoms with Gasteiger partial charge in [0, 0.05) is 15.7 Å². The van der Waals surface area contributed by atoms with Crippen molar-refractivity contribution in [1.82, 2.24) is 9.78 Å². The van der Waals surface area contributed by atoms with E-state index in [4.69, 9.17) is 27.9 Å². The lowest BCUT2D eigenvalue weighted by molar-refractivity contribution is 0.414. The number of aromatic nitrogens is 2. The molecule has 1 N–H and O–H groups in total. The number of aromatic amines is 1. The Kier molecular flexibility index (Phi) is 6.27. The normalized spacial score (nSPS) is 11.7. The predicted molar refractivity (Wildman–Crippen MR) is 115 cm³/mol. The number of benzene rings is 2. The first kappa shape index (κ1) is 20.2. The molecule has 0 saturated heterocycles. The average molecular weight is 418 g/mol. The zero-order chi connectivity index (χ0) is 20.3. The monoisotopic (exact) mass is 417 g/mol. The number of ether oxygens (including phenoxy) is 1. The second kappa shape index (κ2) is 8.67. The van der Waals surface area contributed by atoms with Gasteiger partial charge < -0.3 is 4.74 Å². The van der Waals surface area contributed by atoms with Gasteiger partial charge in [-0.05, 0) is 55.8 Å². The lowest BCUT2D eigenvalue weighted by Crippen LogP contribution is -2.19. The molecule has 0 aliphatic carbocycles. The van der Waals surface area contributed by atoms with Crippen LogP contribution in [0.5, 0.6) is 5.75 Å². The molecule has 146 valence electrons. The van der Waals surface area contributed by atoms with Crippen molar-refractivity contribution in [3.63, 3.8) is 0 Å². The Balaban J connectivity index is 2.09. The van der Waals surface area contributed by atoms with Crippen LogP contribution in [0.15, 0.2) is 52.3 Å². The molecule has 3 aromatic rings. The first-order chi connectivity index (χ1) is 13.4. The van der Waals surface area contributed by atoms with Crippen LogP contribution in [-0.2, 0) is 6.42 Å². The van der Waals surface area contributed by atoms with Crippen molar-refractivity contribution in [3.05, 3.63) is 74.1 Å². The number of halogens is 2. The van der Waals surface area contributed by atoms with E-state index in [1.165, 1.54) is 4.68 Å². The molecule has 1 heterocycles. The van der Waals surface area contributed by atoms with Gasteiger partial charge in [0.15, 0.2) is 0 Å². The molecular formula is C21H21Cl2N3O2. The molecule has 0 saturated carbocycles. The van der Waals surface area contributed by atoms with E-state index in [0.717, 1.165) is 30.0 Å². The van der Waals surface area contributed by atoms with Crippen LogP contribution in [0.3, 0.4) is 0 Å². The van der Waals surface area contributed by atoms with Gasteiger partial charge in [0.2, 0.25) is 0 Å². The number of nitrogens with one attached hydrogen (secondary N) is 1. The summed E-state index contributed by atoms with van der Waals surface area (Å²) in [6, 6.07) is 12.4. The quantitative estimate of drug-likeness (QED) is 0.532. The summed E-state index contributed by atoms with van der Waals surface area (Å²) in [4.78, 5) is 17.7. The fraction of sp³-hybridized carbons (Fsp3) is 0.238. The van der Waals surface area contributed by atoms with E-state index >= 15 is 0 Å². The smallest absolute Gasteiger partial charge is 0.280 e. The van der Waals surface area contributed by atoms with Crippen LogP contribution in [0.2, 0.25) is 10.0 Å². The van der Waals surface area contributed by atoms with Crippen molar-refractivity contribution in [2.45, 2.75) is 26.7 Å². The van der Waals surface area contributed by atoms with E-state index in [0.29, 0.717) is 27.0 Å². The van der Waals surface area contributed by atoms with Gasteiger partial charge in [-0.2, -0.15) is 0 Å². The van der Waals surface area contributed by atoms with Crippen molar-refractivity contribution in [1.29, 1.82) is 0 Å². The average Bonchev–Trinajstić information content (AvgIpc) is 2.97. The van der Waals surface area contributed by atoms with Crippen LogP contribution >= 0.6 is 23.2 Å². The van der Waals surface area contributed by atoms with Crippen molar-refractivity contribution in [2.24, 2.45) is 4.99 Å². The highest BCUT2D eigenvalue weighted by atomic mass is 35.5. The molecule has 0 atom stereocenters. The maximum absolute atomic E-state index is 13.2. The fourth-order valence-corrected chi connectivity index (χ4v) is 3.57. The third-order valence-electron chi connectivity index (χ3n) is 4.30. The lowest BCUT2D eigenvalue weighted by Gasteiger charge is -2.03. The number of hydrogen-bond donors (Lipinski definition) is 1. The second-order valence-corrected chi connectivity index (χ2v) is 7.25. The summed E-state index contributed by atoms with van der Waals surface area (Å²) >= 11 is 12.1. The molecule has 3 rings (SSSR count). The zero-order valence-corrected chi connectivity index (χ0v) is 17.4. The molecule has 7 heteroatoms. The minimum Gasteiger partial charge on any atom is -0.497 e. The number of aliphatic imine (C=N–C) groups is 1. The summed E-state index contributed by atoms with van der Waals surface area (Å²) in [6.07, 6.45) is 1.63. The van der Waals surface area contributed by atoms with Crippen LogP contribution in [0.25, 0.3) is 5.69 Å². The van der Waals surface area contributed by atoms with Gasteiger partial charge in [0.25, 0.3) is 5.56 Å². The van der Waals surface area contributed by atoms with Gasteiger partial charge in [-0.15, -0.1) is 0 Å². The molecule has 0 fully saturated rings. The largest absolute Gasteiger partial charge is 0.497 e. The topological polar surface area (TPSA) is 59.4 Å². The van der Waals surface area contributed by atoms with Crippen LogP contribution in [0, 0.1) is 0 Å². The van der Waals surface area contributed by atoms with E-state index < -0.39 is 0 Å². The standard InChI is InChI=1S/C21H21Cl2N3O2/c1-4-5-19-20(13(2)24-16-11-14(22)10-15(23)12-16)21(27)26(25-19)17-6-8-18(28-3)9-7-17/h6-12,25H,4-5H2,1-3H3. The minimum atomic E-state index is -0.150. The highest BCUT2D eigenvalue weighted by Crippen LogP contribution is 2.25. The van der Waals surface area contributed by atoms with Crippen molar-refractivity contribution < 1.29 is 4.74 Å². The van der Waals surface area contributed by atoms with Gasteiger partial charge in [-0.25, -0.2) is 4.68 Å². The van der Waals surface area contributed by atoms with Gasteiger partial charge >= 0.3 is 0 Å². The molecule has 0 aliphatic rings. The molecule has 5 nitrogen and oxygen atoms in total. The van der Waals surface area contributed by atoms with Crippen LogP contribution in [0.4, 0.5) is 5.69 Å². The summed E-state index contributed by atoms with van der Waals surface area (Å²) in [5.41, 5.74) is 3.20. The van der Waals surface area contributed by atoms with E-state index in [-0.39, 0.29) is 5.56 Å². The molecule has 0 bridgehead atoms. The van der Waals surface area contributed by atoms with E-state index in [1.54, 1.807) is 25.3 Å². The van der Waals surface area contributed by atoms with Gasteiger partial charge in [-0.1, -0.05) is 36.5 Å². The van der Waals surface area contributed by atoms with Crippen molar-refractivity contribution >= 4 is 34.6 Å². The zero-order valence-electron chi connectivity index (χ0n) is 15.9. The third-order valence-corrected chi connectivity index (χ3v) is 4.74. The van der Waals surface area contributed by atoms with E-state index in [2.05, 4.69) is 17.0 Å². The minimum absolute atomic E-state index is 0.150. The summed E-state index contributed by atoms with van der Waals surface area (Å²) < 4.78 is 6.72. The van der Waals surface area contributed by atoms with Gasteiger partial charge in [0.05, 0.1) is 29.8 Å². The molecule has 0 unspecified atom stereocenters. The Labute approximate surface area is 173 Å². The molecule has 28 heavy (non-hydrogen) atoms. The second-order valence-electron chi connectivity index (χ2n) is 6.38. The Bertz CT molecular complexity index is 1050. The van der Waals surface area contributed by atoms with Crippen molar-refractivity contribution in [2.75, 3.05) is 7.11 Å². The van der Waals surface area contributed by atoms with Gasteiger partial charge in [-0.3, -0.25) is 14.9 Å². The van der Waals surface area contributed by atoms with E-state index in [1.807, 2.05) is 31.2 Å². The summed E-state index contributed by atoms with van der Waals surface area (Å²) in [5, 5.41) is 4.22. The van der Waals surface area contributed by atoms with Crippen LogP contribution in [-0.4, -0.2) is 22.6 Å². The van der Waals surface area contributed by atoms with Crippen molar-refractivity contribution in [3.8, 4) is 11.4 Å². The maximum Gasteiger partial charge on any atom is 0.280 e. The lowest BCUT2D eigenvalue weighted by atomic mass is 10.1. The number of methoxy groups -OCH3 is 1. The van der Waals surface area contributed by atoms with E-state index in [9.17, 15) is 4.79 Å². The van der Waals surface area contributed by atoms with Crippen LogP contribution in [0.1, 0.15) is 31.5 Å². The molecule has 0 aliphatic heterocycles. The molecular weight excluding hydrogens is 397 g/mol. The summed E-state index contributed by atoms with van der Waals surface area (Å²) in [6.45, 7) is 3.88. The van der Waals surface area contributed by atoms with Gasteiger partial charge in [0.1, 0.15) is 5.75 Å². The Morgan fingerprint density at radius 2 is 1.79 bits per heavy atom. The third kappa shape index (κ3) is 4.32. The molecule has 0 amide bonds. The molecule has 2 aromatic carbocycles. The number of aryl methyl sites for hydroxylation is 1. The molecule has 0 spiro atoms. The number of rotatable bonds is 6. The fourth-order valence-electron chi connectivity index (χ4n) is 3.05. The first-order valence-electron chi connectivity index (χ1n) is 8.93. The molecule has 0 radical (unpaired) electrons. The highest BCUT2D eigenvalue weighted by Gasteiger charge is 2.17. The first-order valence-corrected chi connectivity index (χ1v) is 9.68. The maximum atomic E-state index is 13.2. The summed E-state index contributed by atoms with van der Waals surface area (Å²) in [5.74, 6) is 0.730. The Hall–Kier alpha value is -2.50. The number of H-pyrrole nitrogens is 1. The summed E-state index contributed by atoms with van der Waals surface area (Å²) in [7, 11) is 1.61. The SMILES string of the molecule is CCCc1[nH]n(-c2ccc(OC)cc2)c(=O)c1C(C)=Nc1cc(Cl)cc(Cl)c1.